The van der Waals surface area contributed by atoms with E-state index in [9.17, 15) is 14.7 Å². The average Bonchev–Trinajstić information content (AvgIpc) is 3.20. The number of aliphatic carboxylic acids is 1. The maximum absolute atomic E-state index is 12.5. The molecule has 0 bridgehead atoms. The molecule has 0 saturated carbocycles. The van der Waals surface area contributed by atoms with E-state index in [0.717, 1.165) is 28.9 Å². The Kier molecular flexibility index (Phi) is 3.87. The molecule has 0 spiro atoms. The number of likely N-dealkylation sites (tertiary alicyclic amines) is 1. The Labute approximate surface area is 145 Å². The largest absolute Gasteiger partial charge is 0.493 e. The summed E-state index contributed by atoms with van der Waals surface area (Å²) in [5.41, 5.74) is 2.81. The first-order chi connectivity index (χ1) is 12.1. The lowest BCUT2D eigenvalue weighted by Gasteiger charge is -2.27. The van der Waals surface area contributed by atoms with Crippen LogP contribution in [0.25, 0.3) is 0 Å². The predicted molar refractivity (Wildman–Crippen MR) is 88.9 cm³/mol. The Morgan fingerprint density at radius 3 is 3.00 bits per heavy atom. The smallest absolute Gasteiger partial charge is 0.309 e. The van der Waals surface area contributed by atoms with Crippen molar-refractivity contribution in [1.29, 1.82) is 0 Å². The molecule has 1 aromatic carbocycles. The van der Waals surface area contributed by atoms with Gasteiger partial charge in [0.05, 0.1) is 18.6 Å². The van der Waals surface area contributed by atoms with Crippen LogP contribution in [0.15, 0.2) is 42.7 Å². The van der Waals surface area contributed by atoms with E-state index < -0.39 is 17.9 Å². The molecule has 1 amide bonds. The molecular formula is C19H18N2O4. The van der Waals surface area contributed by atoms with Crippen LogP contribution in [0.5, 0.6) is 5.75 Å². The Morgan fingerprint density at radius 2 is 2.24 bits per heavy atom. The van der Waals surface area contributed by atoms with Crippen molar-refractivity contribution in [3.8, 4) is 5.75 Å². The molecule has 6 heteroatoms. The molecule has 1 saturated heterocycles. The highest BCUT2D eigenvalue weighted by Gasteiger charge is 2.44. The van der Waals surface area contributed by atoms with Gasteiger partial charge < -0.3 is 14.7 Å². The van der Waals surface area contributed by atoms with E-state index in [1.165, 1.54) is 0 Å². The molecule has 0 radical (unpaired) electrons. The summed E-state index contributed by atoms with van der Waals surface area (Å²) in [6, 6.07) is 8.96. The van der Waals surface area contributed by atoms with Crippen LogP contribution in [0.3, 0.4) is 0 Å². The fourth-order valence-electron chi connectivity index (χ4n) is 3.69. The first kappa shape index (κ1) is 15.6. The highest BCUT2D eigenvalue weighted by Crippen LogP contribution is 2.41. The van der Waals surface area contributed by atoms with Crippen LogP contribution < -0.4 is 4.74 Å². The topological polar surface area (TPSA) is 79.7 Å². The van der Waals surface area contributed by atoms with Crippen molar-refractivity contribution in [3.05, 3.63) is 59.4 Å². The molecule has 0 unspecified atom stereocenters. The summed E-state index contributed by atoms with van der Waals surface area (Å²) in [6.45, 7) is 0.999. The number of nitrogens with zero attached hydrogens (tertiary/aromatic N) is 2. The summed E-state index contributed by atoms with van der Waals surface area (Å²) in [6.07, 6.45) is 4.21. The van der Waals surface area contributed by atoms with Gasteiger partial charge in [-0.3, -0.25) is 14.6 Å². The van der Waals surface area contributed by atoms with Crippen LogP contribution in [-0.2, 0) is 22.6 Å². The lowest BCUT2D eigenvalue weighted by Crippen LogP contribution is -2.30. The minimum Gasteiger partial charge on any atom is -0.493 e. The van der Waals surface area contributed by atoms with Crippen molar-refractivity contribution in [3.63, 3.8) is 0 Å². The summed E-state index contributed by atoms with van der Waals surface area (Å²) < 4.78 is 5.53. The van der Waals surface area contributed by atoms with Crippen LogP contribution in [0.1, 0.15) is 29.2 Å². The molecule has 0 aliphatic carbocycles. The first-order valence-electron chi connectivity index (χ1n) is 8.30. The van der Waals surface area contributed by atoms with Crippen molar-refractivity contribution in [2.45, 2.75) is 25.4 Å². The maximum Gasteiger partial charge on any atom is 0.309 e. The molecular weight excluding hydrogens is 320 g/mol. The molecule has 128 valence electrons. The second-order valence-electron chi connectivity index (χ2n) is 6.44. The van der Waals surface area contributed by atoms with E-state index in [0.29, 0.717) is 13.2 Å². The van der Waals surface area contributed by atoms with Gasteiger partial charge in [-0.25, -0.2) is 0 Å². The fourth-order valence-corrected chi connectivity index (χ4v) is 3.69. The molecule has 1 N–H and O–H groups in total. The summed E-state index contributed by atoms with van der Waals surface area (Å²) in [5, 5.41) is 9.62. The van der Waals surface area contributed by atoms with Gasteiger partial charge in [0.15, 0.2) is 0 Å². The van der Waals surface area contributed by atoms with Gasteiger partial charge in [0.1, 0.15) is 5.75 Å². The van der Waals surface area contributed by atoms with E-state index in [2.05, 4.69) is 4.98 Å². The monoisotopic (exact) mass is 338 g/mol. The lowest BCUT2D eigenvalue weighted by molar-refractivity contribution is -0.142. The van der Waals surface area contributed by atoms with Crippen molar-refractivity contribution in [2.75, 3.05) is 6.61 Å². The van der Waals surface area contributed by atoms with Crippen LogP contribution in [0, 0.1) is 5.92 Å². The molecule has 6 nitrogen and oxygen atoms in total. The number of rotatable bonds is 4. The second kappa shape index (κ2) is 6.20. The van der Waals surface area contributed by atoms with Gasteiger partial charge in [-0.15, -0.1) is 0 Å². The minimum absolute atomic E-state index is 0.0217. The molecule has 3 heterocycles. The third-order valence-corrected chi connectivity index (χ3v) is 4.88. The van der Waals surface area contributed by atoms with Crippen molar-refractivity contribution in [2.24, 2.45) is 5.92 Å². The van der Waals surface area contributed by atoms with E-state index in [4.69, 9.17) is 4.74 Å². The number of hydrogen-bond acceptors (Lipinski definition) is 4. The maximum atomic E-state index is 12.5. The number of hydrogen-bond donors (Lipinski definition) is 1. The number of amides is 1. The molecule has 2 aliphatic rings. The molecule has 4 rings (SSSR count). The SMILES string of the molecule is O=C(O)[C@@H]1CC(=O)N(Cc2cccnc2)[C@H]1c1ccc2c(c1)CCO2. The summed E-state index contributed by atoms with van der Waals surface area (Å²) >= 11 is 0. The molecule has 2 aliphatic heterocycles. The fraction of sp³-hybridized carbons (Fsp3) is 0.316. The Bertz CT molecular complexity index is 821. The molecule has 1 fully saturated rings. The third kappa shape index (κ3) is 2.84. The molecule has 25 heavy (non-hydrogen) atoms. The van der Waals surface area contributed by atoms with Crippen molar-refractivity contribution < 1.29 is 19.4 Å². The van der Waals surface area contributed by atoms with Gasteiger partial charge in [0, 0.05) is 31.8 Å². The van der Waals surface area contributed by atoms with Gasteiger partial charge >= 0.3 is 5.97 Å². The second-order valence-corrected chi connectivity index (χ2v) is 6.44. The summed E-state index contributed by atoms with van der Waals surface area (Å²) in [7, 11) is 0. The molecule has 1 aromatic heterocycles. The highest BCUT2D eigenvalue weighted by atomic mass is 16.5. The van der Waals surface area contributed by atoms with Gasteiger partial charge in [-0.2, -0.15) is 0 Å². The van der Waals surface area contributed by atoms with Crippen LogP contribution in [0.2, 0.25) is 0 Å². The number of carboxylic acid groups (broad SMARTS) is 1. The zero-order valence-electron chi connectivity index (χ0n) is 13.6. The van der Waals surface area contributed by atoms with Crippen LogP contribution in [-0.4, -0.2) is 33.5 Å². The standard InChI is InChI=1S/C19H18N2O4/c22-17-9-15(19(23)24)18(21(17)11-12-2-1-6-20-10-12)14-3-4-16-13(8-14)5-7-25-16/h1-4,6,8,10,15,18H,5,7,9,11H2,(H,23,24)/t15-,18+/m1/s1. The van der Waals surface area contributed by atoms with Crippen LogP contribution in [0.4, 0.5) is 0 Å². The number of fused-ring (bicyclic) bond motifs is 1. The number of carboxylic acids is 1. The van der Waals surface area contributed by atoms with Crippen molar-refractivity contribution in [1.82, 2.24) is 9.88 Å². The Morgan fingerprint density at radius 1 is 1.36 bits per heavy atom. The van der Waals surface area contributed by atoms with Crippen molar-refractivity contribution >= 4 is 11.9 Å². The number of aromatic nitrogens is 1. The first-order valence-corrected chi connectivity index (χ1v) is 8.30. The van der Waals surface area contributed by atoms with E-state index in [1.807, 2.05) is 30.3 Å². The van der Waals surface area contributed by atoms with E-state index in [-0.39, 0.29) is 12.3 Å². The zero-order valence-corrected chi connectivity index (χ0v) is 13.6. The van der Waals surface area contributed by atoms with Gasteiger partial charge in [0.2, 0.25) is 5.91 Å². The summed E-state index contributed by atoms with van der Waals surface area (Å²) in [4.78, 5) is 30.0. The Balaban J connectivity index is 1.71. The van der Waals surface area contributed by atoms with Gasteiger partial charge in [-0.05, 0) is 34.9 Å². The predicted octanol–water partition coefficient (Wildman–Crippen LogP) is 2.19. The third-order valence-electron chi connectivity index (χ3n) is 4.88. The minimum atomic E-state index is -0.941. The highest BCUT2D eigenvalue weighted by molar-refractivity contribution is 5.87. The van der Waals surface area contributed by atoms with E-state index >= 15 is 0 Å². The van der Waals surface area contributed by atoms with Gasteiger partial charge in [0.25, 0.3) is 0 Å². The average molecular weight is 338 g/mol. The quantitative estimate of drug-likeness (QED) is 0.924. The zero-order chi connectivity index (χ0) is 17.4. The lowest BCUT2D eigenvalue weighted by atomic mass is 9.92. The Hall–Kier alpha value is -2.89. The normalized spacial score (nSPS) is 21.9. The molecule has 2 aromatic rings. The number of ether oxygens (including phenoxy) is 1. The molecule has 2 atom stereocenters. The van der Waals surface area contributed by atoms with Crippen LogP contribution >= 0.6 is 0 Å². The number of carbonyl (C=O) groups excluding carboxylic acids is 1. The van der Waals surface area contributed by atoms with Gasteiger partial charge in [-0.1, -0.05) is 12.1 Å². The number of pyridine rings is 1. The summed E-state index contributed by atoms with van der Waals surface area (Å²) in [5.74, 6) is -0.981. The van der Waals surface area contributed by atoms with E-state index in [1.54, 1.807) is 17.3 Å². The number of carbonyl (C=O) groups is 2. The number of benzene rings is 1.